The van der Waals surface area contributed by atoms with E-state index >= 15 is 0 Å². The fourth-order valence-corrected chi connectivity index (χ4v) is 5.68. The van der Waals surface area contributed by atoms with Gasteiger partial charge in [0.15, 0.2) is 0 Å². The maximum atomic E-state index is 13.1. The molecule has 1 atom stereocenters. The van der Waals surface area contributed by atoms with E-state index < -0.39 is 0 Å². The van der Waals surface area contributed by atoms with Gasteiger partial charge in [0.2, 0.25) is 5.91 Å². The first-order valence-corrected chi connectivity index (χ1v) is 12.7. The summed E-state index contributed by atoms with van der Waals surface area (Å²) in [5, 5.41) is 4.40. The van der Waals surface area contributed by atoms with Crippen molar-refractivity contribution >= 4 is 33.3 Å². The number of nitrogens with zero attached hydrogens (tertiary/aromatic N) is 4. The number of fused-ring (bicyclic) bond motifs is 1. The molecule has 1 amide bonds. The number of thiophene rings is 1. The Kier molecular flexibility index (Phi) is 6.32. The Morgan fingerprint density at radius 1 is 1.18 bits per heavy atom. The smallest absolute Gasteiger partial charge is 0.223 e. The summed E-state index contributed by atoms with van der Waals surface area (Å²) in [6.45, 7) is 7.98. The highest BCUT2D eigenvalue weighted by Gasteiger charge is 2.29. The molecule has 1 unspecified atom stereocenters. The van der Waals surface area contributed by atoms with E-state index in [1.165, 1.54) is 10.4 Å². The van der Waals surface area contributed by atoms with E-state index in [-0.39, 0.29) is 17.9 Å². The number of hydrogen-bond acceptors (Lipinski definition) is 6. The van der Waals surface area contributed by atoms with Crippen molar-refractivity contribution < 1.29 is 4.79 Å². The first-order chi connectivity index (χ1) is 16.5. The molecule has 2 N–H and O–H groups in total. The van der Waals surface area contributed by atoms with Crippen molar-refractivity contribution in [2.75, 3.05) is 18.0 Å². The Labute approximate surface area is 203 Å². The molecule has 0 spiro atoms. The standard InChI is InChI=1S/C26H30N6OS/c1-4-20(23-27-14-21(30-23)18-8-6-5-7-9-18)31-25(33)19-10-12-32(13-11-19)24-22-16(2)17(3)34-26(22)29-15-28-24/h5-9,14-15,19-20H,4,10-13H2,1-3H3,(H,27,30)(H,31,33). The van der Waals surface area contributed by atoms with Crippen molar-refractivity contribution in [2.24, 2.45) is 5.92 Å². The number of nitrogens with one attached hydrogen (secondary N) is 2. The van der Waals surface area contributed by atoms with Crippen LogP contribution < -0.4 is 10.2 Å². The molecule has 34 heavy (non-hydrogen) atoms. The van der Waals surface area contributed by atoms with Crippen molar-refractivity contribution in [2.45, 2.75) is 46.1 Å². The van der Waals surface area contributed by atoms with Crippen LogP contribution in [0.25, 0.3) is 21.5 Å². The van der Waals surface area contributed by atoms with Gasteiger partial charge in [0.25, 0.3) is 0 Å². The van der Waals surface area contributed by atoms with Crippen LogP contribution in [0.15, 0.2) is 42.9 Å². The molecule has 1 fully saturated rings. The van der Waals surface area contributed by atoms with Crippen LogP contribution in [0.5, 0.6) is 0 Å². The maximum Gasteiger partial charge on any atom is 0.223 e. The van der Waals surface area contributed by atoms with Crippen LogP contribution in [-0.4, -0.2) is 38.9 Å². The predicted molar refractivity (Wildman–Crippen MR) is 137 cm³/mol. The predicted octanol–water partition coefficient (Wildman–Crippen LogP) is 5.18. The van der Waals surface area contributed by atoms with Crippen LogP contribution in [0.3, 0.4) is 0 Å². The van der Waals surface area contributed by atoms with Gasteiger partial charge in [-0.05, 0) is 44.2 Å². The highest BCUT2D eigenvalue weighted by Crippen LogP contribution is 2.35. The molecule has 176 valence electrons. The number of amides is 1. The minimum Gasteiger partial charge on any atom is -0.356 e. The van der Waals surface area contributed by atoms with Gasteiger partial charge < -0.3 is 15.2 Å². The molecule has 8 heteroatoms. The molecule has 0 saturated carbocycles. The van der Waals surface area contributed by atoms with Crippen LogP contribution in [0, 0.1) is 19.8 Å². The lowest BCUT2D eigenvalue weighted by molar-refractivity contribution is -0.126. The zero-order valence-corrected chi connectivity index (χ0v) is 20.7. The number of imidazole rings is 1. The normalized spacial score (nSPS) is 15.6. The quantitative estimate of drug-likeness (QED) is 0.402. The molecule has 1 aromatic carbocycles. The van der Waals surface area contributed by atoms with Crippen molar-refractivity contribution in [3.63, 3.8) is 0 Å². The van der Waals surface area contributed by atoms with E-state index in [2.05, 4.69) is 63.1 Å². The lowest BCUT2D eigenvalue weighted by Gasteiger charge is -2.33. The van der Waals surface area contributed by atoms with Gasteiger partial charge in [-0.3, -0.25) is 4.79 Å². The van der Waals surface area contributed by atoms with E-state index in [4.69, 9.17) is 0 Å². The van der Waals surface area contributed by atoms with E-state index in [1.54, 1.807) is 17.7 Å². The number of aromatic amines is 1. The molecule has 1 saturated heterocycles. The summed E-state index contributed by atoms with van der Waals surface area (Å²) in [4.78, 5) is 34.8. The second kappa shape index (κ2) is 9.54. The molecule has 0 bridgehead atoms. The fourth-order valence-electron chi connectivity index (χ4n) is 4.69. The number of H-pyrrole nitrogens is 1. The summed E-state index contributed by atoms with van der Waals surface area (Å²) in [7, 11) is 0. The van der Waals surface area contributed by atoms with Gasteiger partial charge in [-0.1, -0.05) is 37.3 Å². The summed E-state index contributed by atoms with van der Waals surface area (Å²) in [6.07, 6.45) is 5.90. The summed E-state index contributed by atoms with van der Waals surface area (Å²) in [5.41, 5.74) is 3.31. The van der Waals surface area contributed by atoms with Crippen LogP contribution in [0.2, 0.25) is 0 Å². The Morgan fingerprint density at radius 3 is 2.68 bits per heavy atom. The topological polar surface area (TPSA) is 86.8 Å². The van der Waals surface area contributed by atoms with Gasteiger partial charge >= 0.3 is 0 Å². The third kappa shape index (κ3) is 4.30. The SMILES string of the molecule is CCC(NC(=O)C1CCN(c2ncnc3sc(C)c(C)c23)CC1)c1ncc(-c2ccccc2)[nH]1. The van der Waals surface area contributed by atoms with Gasteiger partial charge in [0, 0.05) is 23.9 Å². The van der Waals surface area contributed by atoms with Crippen LogP contribution in [0.1, 0.15) is 48.5 Å². The number of rotatable bonds is 6. The number of carbonyl (C=O) groups excluding carboxylic acids is 1. The second-order valence-electron chi connectivity index (χ2n) is 8.94. The summed E-state index contributed by atoms with van der Waals surface area (Å²) in [6, 6.07) is 9.99. The second-order valence-corrected chi connectivity index (χ2v) is 10.1. The third-order valence-electron chi connectivity index (χ3n) is 6.85. The Morgan fingerprint density at radius 2 is 1.94 bits per heavy atom. The first-order valence-electron chi connectivity index (χ1n) is 11.9. The minimum atomic E-state index is -0.124. The molecule has 0 aliphatic carbocycles. The number of hydrogen-bond donors (Lipinski definition) is 2. The van der Waals surface area contributed by atoms with Crippen molar-refractivity contribution in [1.82, 2.24) is 25.3 Å². The van der Waals surface area contributed by atoms with Gasteiger partial charge in [0.1, 0.15) is 22.8 Å². The number of aromatic nitrogens is 4. The summed E-state index contributed by atoms with van der Waals surface area (Å²) in [5.74, 6) is 1.91. The van der Waals surface area contributed by atoms with E-state index in [1.807, 2.05) is 24.4 Å². The number of aryl methyl sites for hydroxylation is 2. The van der Waals surface area contributed by atoms with Crippen molar-refractivity contribution in [3.8, 4) is 11.3 Å². The van der Waals surface area contributed by atoms with Crippen LogP contribution >= 0.6 is 11.3 Å². The lowest BCUT2D eigenvalue weighted by atomic mass is 9.95. The molecule has 4 heterocycles. The average Bonchev–Trinajstić information content (AvgIpc) is 3.48. The Balaban J connectivity index is 1.23. The van der Waals surface area contributed by atoms with Crippen molar-refractivity contribution in [1.29, 1.82) is 0 Å². The number of benzene rings is 1. The monoisotopic (exact) mass is 474 g/mol. The van der Waals surface area contributed by atoms with Gasteiger partial charge in [-0.15, -0.1) is 11.3 Å². The Hall–Kier alpha value is -3.26. The highest BCUT2D eigenvalue weighted by atomic mass is 32.1. The largest absolute Gasteiger partial charge is 0.356 e. The van der Waals surface area contributed by atoms with Gasteiger partial charge in [0.05, 0.1) is 23.3 Å². The van der Waals surface area contributed by atoms with E-state index in [9.17, 15) is 4.79 Å². The lowest BCUT2D eigenvalue weighted by Crippen LogP contribution is -2.42. The minimum absolute atomic E-state index is 0.00325. The summed E-state index contributed by atoms with van der Waals surface area (Å²) < 4.78 is 0. The van der Waals surface area contributed by atoms with Crippen LogP contribution in [-0.2, 0) is 4.79 Å². The zero-order valence-electron chi connectivity index (χ0n) is 19.8. The number of carbonyl (C=O) groups is 1. The van der Waals surface area contributed by atoms with E-state index in [0.29, 0.717) is 0 Å². The molecular formula is C26H30N6OS. The molecule has 4 aromatic rings. The fraction of sp³-hybridized carbons (Fsp3) is 0.385. The number of piperidine rings is 1. The molecule has 5 rings (SSSR count). The highest BCUT2D eigenvalue weighted by molar-refractivity contribution is 7.18. The summed E-state index contributed by atoms with van der Waals surface area (Å²) >= 11 is 1.72. The van der Waals surface area contributed by atoms with Gasteiger partial charge in [-0.2, -0.15) is 0 Å². The number of anilines is 1. The van der Waals surface area contributed by atoms with E-state index in [0.717, 1.165) is 65.5 Å². The molecular weight excluding hydrogens is 444 g/mol. The maximum absolute atomic E-state index is 13.1. The van der Waals surface area contributed by atoms with Crippen LogP contribution in [0.4, 0.5) is 5.82 Å². The molecule has 1 aliphatic rings. The molecule has 0 radical (unpaired) electrons. The molecule has 7 nitrogen and oxygen atoms in total. The average molecular weight is 475 g/mol. The Bertz CT molecular complexity index is 1290. The molecule has 3 aromatic heterocycles. The molecule has 1 aliphatic heterocycles. The third-order valence-corrected chi connectivity index (χ3v) is 7.96. The first kappa shape index (κ1) is 22.5. The van der Waals surface area contributed by atoms with Gasteiger partial charge in [-0.25, -0.2) is 15.0 Å². The van der Waals surface area contributed by atoms with Crippen molar-refractivity contribution in [3.05, 3.63) is 59.1 Å². The zero-order chi connectivity index (χ0) is 23.7.